The van der Waals surface area contributed by atoms with Crippen molar-refractivity contribution in [2.45, 2.75) is 33.2 Å². The van der Waals surface area contributed by atoms with Crippen LogP contribution in [0.2, 0.25) is 0 Å². The molecule has 1 aromatic heterocycles. The molecule has 7 nitrogen and oxygen atoms in total. The van der Waals surface area contributed by atoms with Gasteiger partial charge in [0.15, 0.2) is 5.82 Å². The van der Waals surface area contributed by atoms with E-state index in [4.69, 9.17) is 0 Å². The second-order valence-electron chi connectivity index (χ2n) is 9.21. The Balaban J connectivity index is 1.36. The quantitative estimate of drug-likeness (QED) is 0.498. The molecule has 1 fully saturated rings. The van der Waals surface area contributed by atoms with E-state index in [-0.39, 0.29) is 30.0 Å². The molecule has 3 aromatic rings. The highest BCUT2D eigenvalue weighted by Gasteiger charge is 2.28. The number of amides is 2. The summed E-state index contributed by atoms with van der Waals surface area (Å²) in [5, 5.41) is 8.79. The molecule has 2 heterocycles. The van der Waals surface area contributed by atoms with Gasteiger partial charge in [0.25, 0.3) is 5.91 Å². The molecule has 188 valence electrons. The zero-order chi connectivity index (χ0) is 25.7. The van der Waals surface area contributed by atoms with Gasteiger partial charge in [-0.2, -0.15) is 0 Å². The van der Waals surface area contributed by atoms with Crippen LogP contribution < -0.4 is 4.90 Å². The highest BCUT2D eigenvalue weighted by atomic mass is 19.1. The van der Waals surface area contributed by atoms with Crippen LogP contribution in [0, 0.1) is 12.7 Å². The summed E-state index contributed by atoms with van der Waals surface area (Å²) in [5.74, 6) is -0.136. The summed E-state index contributed by atoms with van der Waals surface area (Å²) in [7, 11) is 0. The fourth-order valence-electron chi connectivity index (χ4n) is 4.24. The van der Waals surface area contributed by atoms with Gasteiger partial charge in [-0.3, -0.25) is 9.59 Å². The van der Waals surface area contributed by atoms with Crippen molar-refractivity contribution in [2.75, 3.05) is 37.6 Å². The van der Waals surface area contributed by atoms with Gasteiger partial charge in [-0.1, -0.05) is 42.8 Å². The Kier molecular flexibility index (Phi) is 7.93. The zero-order valence-corrected chi connectivity index (χ0v) is 21.0. The zero-order valence-electron chi connectivity index (χ0n) is 21.0. The van der Waals surface area contributed by atoms with Crippen molar-refractivity contribution in [2.24, 2.45) is 0 Å². The van der Waals surface area contributed by atoms with E-state index < -0.39 is 5.82 Å². The Morgan fingerprint density at radius 3 is 2.33 bits per heavy atom. The van der Waals surface area contributed by atoms with Crippen LogP contribution in [-0.4, -0.2) is 70.6 Å². The highest BCUT2D eigenvalue weighted by molar-refractivity contribution is 5.96. The Morgan fingerprint density at radius 2 is 1.72 bits per heavy atom. The molecule has 0 N–H and O–H groups in total. The van der Waals surface area contributed by atoms with Crippen LogP contribution >= 0.6 is 0 Å². The van der Waals surface area contributed by atoms with Gasteiger partial charge in [0.1, 0.15) is 12.4 Å². The Hall–Kier alpha value is -3.81. The number of benzene rings is 2. The molecule has 2 amide bonds. The van der Waals surface area contributed by atoms with Crippen molar-refractivity contribution >= 4 is 17.6 Å². The molecule has 4 rings (SSSR count). The van der Waals surface area contributed by atoms with E-state index >= 15 is 0 Å². The molecular formula is C28H32FN5O2. The lowest BCUT2D eigenvalue weighted by atomic mass is 10.1. The predicted octanol–water partition coefficient (Wildman–Crippen LogP) is 4.18. The number of nitrogens with zero attached hydrogens (tertiary/aromatic N) is 5. The average molecular weight is 490 g/mol. The number of aryl methyl sites for hydroxylation is 1. The van der Waals surface area contributed by atoms with Crippen LogP contribution in [-0.2, 0) is 4.79 Å². The van der Waals surface area contributed by atoms with Gasteiger partial charge in [0.05, 0.1) is 5.69 Å². The summed E-state index contributed by atoms with van der Waals surface area (Å²) in [6, 6.07) is 17.5. The molecule has 1 aliphatic rings. The summed E-state index contributed by atoms with van der Waals surface area (Å²) in [4.78, 5) is 31.6. The van der Waals surface area contributed by atoms with Crippen LogP contribution in [0.1, 0.15) is 36.2 Å². The molecule has 36 heavy (non-hydrogen) atoms. The summed E-state index contributed by atoms with van der Waals surface area (Å²) >= 11 is 0. The maximum Gasteiger partial charge on any atom is 0.254 e. The van der Waals surface area contributed by atoms with E-state index in [0.717, 1.165) is 17.1 Å². The second kappa shape index (κ2) is 11.3. The highest BCUT2D eigenvalue weighted by Crippen LogP contribution is 2.20. The lowest BCUT2D eigenvalue weighted by Gasteiger charge is -2.37. The van der Waals surface area contributed by atoms with Crippen LogP contribution in [0.4, 0.5) is 10.2 Å². The Labute approximate surface area is 211 Å². The minimum Gasteiger partial charge on any atom is -0.352 e. The molecule has 0 bridgehead atoms. The maximum atomic E-state index is 13.7. The largest absolute Gasteiger partial charge is 0.352 e. The number of piperazine rings is 1. The van der Waals surface area contributed by atoms with Crippen molar-refractivity contribution in [1.29, 1.82) is 0 Å². The molecule has 0 aliphatic carbocycles. The molecule has 8 heteroatoms. The first-order chi connectivity index (χ1) is 17.4. The topological polar surface area (TPSA) is 69.6 Å². The van der Waals surface area contributed by atoms with Crippen LogP contribution in [0.5, 0.6) is 0 Å². The SMILES string of the molecule is CCC(C)N(CC(=O)N1CCN(c2ccc(-c3ccc(C)cc3)nn2)CC1)C(=O)c1cccc(F)c1. The first-order valence-electron chi connectivity index (χ1n) is 12.4. The number of aromatic nitrogens is 2. The van der Waals surface area contributed by atoms with E-state index in [1.165, 1.54) is 23.8 Å². The number of anilines is 1. The van der Waals surface area contributed by atoms with Gasteiger partial charge in [0, 0.05) is 43.3 Å². The lowest BCUT2D eigenvalue weighted by Crippen LogP contribution is -2.53. The van der Waals surface area contributed by atoms with Crippen molar-refractivity contribution < 1.29 is 14.0 Å². The number of carbonyl (C=O) groups excluding carboxylic acids is 2. The van der Waals surface area contributed by atoms with Gasteiger partial charge < -0.3 is 14.7 Å². The fraction of sp³-hybridized carbons (Fsp3) is 0.357. The smallest absolute Gasteiger partial charge is 0.254 e. The normalized spacial score (nSPS) is 14.4. The molecule has 1 saturated heterocycles. The molecule has 0 spiro atoms. The fourth-order valence-corrected chi connectivity index (χ4v) is 4.24. The minimum absolute atomic E-state index is 0.0323. The van der Waals surface area contributed by atoms with E-state index in [1.807, 2.05) is 45.0 Å². The number of halogens is 1. The van der Waals surface area contributed by atoms with Crippen molar-refractivity contribution in [3.8, 4) is 11.3 Å². The molecule has 2 aromatic carbocycles. The van der Waals surface area contributed by atoms with E-state index in [9.17, 15) is 14.0 Å². The average Bonchev–Trinajstić information content (AvgIpc) is 2.91. The number of hydrogen-bond donors (Lipinski definition) is 0. The lowest BCUT2D eigenvalue weighted by molar-refractivity contribution is -0.132. The first-order valence-corrected chi connectivity index (χ1v) is 12.4. The van der Waals surface area contributed by atoms with Crippen LogP contribution in [0.15, 0.2) is 60.7 Å². The van der Waals surface area contributed by atoms with E-state index in [0.29, 0.717) is 32.6 Å². The molecular weight excluding hydrogens is 457 g/mol. The van der Waals surface area contributed by atoms with Gasteiger partial charge in [-0.15, -0.1) is 10.2 Å². The standard InChI is InChI=1S/C28H32FN5O2/c1-4-21(3)34(28(36)23-6-5-7-24(29)18-23)19-27(35)33-16-14-32(15-17-33)26-13-12-25(30-31-26)22-10-8-20(2)9-11-22/h5-13,18,21H,4,14-17,19H2,1-3H3. The van der Waals surface area contributed by atoms with Crippen LogP contribution in [0.3, 0.4) is 0 Å². The van der Waals surface area contributed by atoms with Gasteiger partial charge >= 0.3 is 0 Å². The summed E-state index contributed by atoms with van der Waals surface area (Å²) in [6.45, 7) is 8.21. The summed E-state index contributed by atoms with van der Waals surface area (Å²) < 4.78 is 13.7. The van der Waals surface area contributed by atoms with Crippen molar-refractivity contribution in [3.63, 3.8) is 0 Å². The van der Waals surface area contributed by atoms with Gasteiger partial charge in [0.2, 0.25) is 5.91 Å². The van der Waals surface area contributed by atoms with Crippen molar-refractivity contribution in [1.82, 2.24) is 20.0 Å². The molecule has 1 unspecified atom stereocenters. The number of carbonyl (C=O) groups is 2. The Morgan fingerprint density at radius 1 is 1.00 bits per heavy atom. The Bertz CT molecular complexity index is 1190. The molecule has 1 aliphatic heterocycles. The van der Waals surface area contributed by atoms with E-state index in [1.54, 1.807) is 15.9 Å². The van der Waals surface area contributed by atoms with Gasteiger partial charge in [-0.25, -0.2) is 4.39 Å². The summed E-state index contributed by atoms with van der Waals surface area (Å²) in [5.41, 5.74) is 3.29. The third-order valence-corrected chi connectivity index (χ3v) is 6.72. The third-order valence-electron chi connectivity index (χ3n) is 6.72. The predicted molar refractivity (Wildman–Crippen MR) is 138 cm³/mol. The number of hydrogen-bond acceptors (Lipinski definition) is 5. The molecule has 1 atom stereocenters. The third kappa shape index (κ3) is 5.87. The maximum absolute atomic E-state index is 13.7. The van der Waals surface area contributed by atoms with Gasteiger partial charge in [-0.05, 0) is 50.6 Å². The number of rotatable bonds is 7. The monoisotopic (exact) mass is 489 g/mol. The van der Waals surface area contributed by atoms with Crippen LogP contribution in [0.25, 0.3) is 11.3 Å². The minimum atomic E-state index is -0.470. The molecule has 0 radical (unpaired) electrons. The second-order valence-corrected chi connectivity index (χ2v) is 9.21. The molecule has 0 saturated carbocycles. The summed E-state index contributed by atoms with van der Waals surface area (Å²) in [6.07, 6.45) is 0.694. The first kappa shape index (κ1) is 25.3. The van der Waals surface area contributed by atoms with E-state index in [2.05, 4.69) is 27.2 Å². The van der Waals surface area contributed by atoms with Crippen molar-refractivity contribution in [3.05, 3.63) is 77.6 Å².